The minimum absolute atomic E-state index is 0.00718. The maximum atomic E-state index is 12.0. The Kier molecular flexibility index (Phi) is 6.94. The van der Waals surface area contributed by atoms with Crippen LogP contribution in [0.25, 0.3) is 0 Å². The zero-order chi connectivity index (χ0) is 17.4. The molecule has 0 aliphatic heterocycles. The summed E-state index contributed by atoms with van der Waals surface area (Å²) in [6.45, 7) is 2.04. The minimum atomic E-state index is -1.03. The van der Waals surface area contributed by atoms with E-state index in [1.807, 2.05) is 0 Å². The van der Waals surface area contributed by atoms with Crippen molar-refractivity contribution in [1.29, 1.82) is 0 Å². The molecule has 1 aromatic carbocycles. The number of methoxy groups -OCH3 is 1. The molecule has 1 rings (SSSR count). The van der Waals surface area contributed by atoms with E-state index in [0.717, 1.165) is 6.07 Å². The third-order valence-electron chi connectivity index (χ3n) is 2.96. The summed E-state index contributed by atoms with van der Waals surface area (Å²) < 4.78 is 9.79. The molecule has 0 heterocycles. The van der Waals surface area contributed by atoms with Crippen LogP contribution in [0.3, 0.4) is 0 Å². The number of hydrogen-bond acceptors (Lipinski definition) is 7. The van der Waals surface area contributed by atoms with Gasteiger partial charge in [-0.25, -0.2) is 4.79 Å². The summed E-state index contributed by atoms with van der Waals surface area (Å²) in [5.41, 5.74) is 0.0169. The van der Waals surface area contributed by atoms with Gasteiger partial charge in [0.15, 0.2) is 6.10 Å². The fraction of sp³-hybridized carbons (Fsp3) is 0.429. The first-order valence-electron chi connectivity index (χ1n) is 6.84. The number of rotatable bonds is 8. The first kappa shape index (κ1) is 18.4. The summed E-state index contributed by atoms with van der Waals surface area (Å²) >= 11 is 0. The van der Waals surface area contributed by atoms with Gasteiger partial charge in [0.25, 0.3) is 11.6 Å². The van der Waals surface area contributed by atoms with E-state index in [0.29, 0.717) is 13.2 Å². The van der Waals surface area contributed by atoms with Gasteiger partial charge in [-0.05, 0) is 19.1 Å². The Morgan fingerprint density at radius 3 is 2.65 bits per heavy atom. The highest BCUT2D eigenvalue weighted by atomic mass is 16.6. The fourth-order valence-electron chi connectivity index (χ4n) is 1.72. The van der Waals surface area contributed by atoms with Crippen LogP contribution in [0.1, 0.15) is 17.3 Å². The third kappa shape index (κ3) is 5.22. The van der Waals surface area contributed by atoms with Crippen LogP contribution in [0.2, 0.25) is 0 Å². The van der Waals surface area contributed by atoms with Gasteiger partial charge in [0.1, 0.15) is 5.69 Å². The molecule has 0 saturated carbocycles. The zero-order valence-corrected chi connectivity index (χ0v) is 13.1. The first-order chi connectivity index (χ1) is 10.9. The van der Waals surface area contributed by atoms with Crippen molar-refractivity contribution in [2.45, 2.75) is 13.0 Å². The Morgan fingerprint density at radius 1 is 1.39 bits per heavy atom. The van der Waals surface area contributed by atoms with Crippen molar-refractivity contribution in [1.82, 2.24) is 5.32 Å². The molecule has 9 heteroatoms. The average molecular weight is 325 g/mol. The monoisotopic (exact) mass is 325 g/mol. The molecule has 0 unspecified atom stereocenters. The number of nitrogens with zero attached hydrogens (tertiary/aromatic N) is 1. The number of benzene rings is 1. The third-order valence-corrected chi connectivity index (χ3v) is 2.96. The smallest absolute Gasteiger partial charge is 0.339 e. The lowest BCUT2D eigenvalue weighted by Crippen LogP contribution is -2.37. The molecule has 0 aliphatic rings. The molecule has 0 fully saturated rings. The van der Waals surface area contributed by atoms with E-state index in [-0.39, 0.29) is 16.9 Å². The Morgan fingerprint density at radius 2 is 2.09 bits per heavy atom. The average Bonchev–Trinajstić information content (AvgIpc) is 2.53. The zero-order valence-electron chi connectivity index (χ0n) is 13.1. The second-order valence-corrected chi connectivity index (χ2v) is 4.57. The molecule has 1 atom stereocenters. The second kappa shape index (κ2) is 8.69. The maximum absolute atomic E-state index is 12.0. The Bertz CT molecular complexity index is 590. The van der Waals surface area contributed by atoms with E-state index in [4.69, 9.17) is 9.47 Å². The molecule has 2 N–H and O–H groups in total. The van der Waals surface area contributed by atoms with Crippen LogP contribution in [0, 0.1) is 10.1 Å². The lowest BCUT2D eigenvalue weighted by Gasteiger charge is -2.13. The summed E-state index contributed by atoms with van der Waals surface area (Å²) in [6, 6.07) is 3.89. The molecule has 0 aromatic heterocycles. The van der Waals surface area contributed by atoms with Crippen molar-refractivity contribution in [3.8, 4) is 0 Å². The Hall–Kier alpha value is -2.68. The number of nitrogens with one attached hydrogen (secondary N) is 2. The molecule has 0 aliphatic carbocycles. The molecule has 9 nitrogen and oxygen atoms in total. The van der Waals surface area contributed by atoms with Gasteiger partial charge in [0.2, 0.25) is 0 Å². The lowest BCUT2D eigenvalue weighted by atomic mass is 10.1. The van der Waals surface area contributed by atoms with Gasteiger partial charge in [-0.3, -0.25) is 14.9 Å². The summed E-state index contributed by atoms with van der Waals surface area (Å²) in [4.78, 5) is 34.1. The normalized spacial score (nSPS) is 11.4. The van der Waals surface area contributed by atoms with Gasteiger partial charge in [0.05, 0.1) is 17.1 Å². The predicted octanol–water partition coefficient (Wildman–Crippen LogP) is 0.944. The number of hydrogen-bond donors (Lipinski definition) is 2. The van der Waals surface area contributed by atoms with E-state index in [2.05, 4.69) is 10.6 Å². The summed E-state index contributed by atoms with van der Waals surface area (Å²) in [7, 11) is 3.03. The van der Waals surface area contributed by atoms with Crippen LogP contribution >= 0.6 is 0 Å². The van der Waals surface area contributed by atoms with E-state index in [1.165, 1.54) is 33.2 Å². The van der Waals surface area contributed by atoms with Crippen LogP contribution in [-0.2, 0) is 14.3 Å². The van der Waals surface area contributed by atoms with Gasteiger partial charge < -0.3 is 20.1 Å². The van der Waals surface area contributed by atoms with E-state index in [9.17, 15) is 19.7 Å². The number of ether oxygens (including phenoxy) is 2. The lowest BCUT2D eigenvalue weighted by molar-refractivity contribution is -0.384. The van der Waals surface area contributed by atoms with E-state index >= 15 is 0 Å². The standard InChI is InChI=1S/C14H19N3O6/c1-9(13(18)16-6-7-22-3)23-14(19)10-4-5-11(15-2)12(8-10)17(20)21/h4-5,8-9,15H,6-7H2,1-3H3,(H,16,18)/t9-/m0/s1. The van der Waals surface area contributed by atoms with Gasteiger partial charge >= 0.3 is 5.97 Å². The van der Waals surface area contributed by atoms with E-state index in [1.54, 1.807) is 0 Å². The SMILES string of the molecule is CNc1ccc(C(=O)O[C@@H](C)C(=O)NCCOC)cc1[N+](=O)[O-]. The van der Waals surface area contributed by atoms with Gasteiger partial charge in [-0.15, -0.1) is 0 Å². The van der Waals surface area contributed by atoms with Crippen LogP contribution < -0.4 is 10.6 Å². The van der Waals surface area contributed by atoms with Crippen molar-refractivity contribution >= 4 is 23.3 Å². The number of nitro benzene ring substituents is 1. The molecule has 1 amide bonds. The van der Waals surface area contributed by atoms with Gasteiger partial charge in [-0.2, -0.15) is 0 Å². The molecule has 0 spiro atoms. The maximum Gasteiger partial charge on any atom is 0.339 e. The highest BCUT2D eigenvalue weighted by Crippen LogP contribution is 2.25. The summed E-state index contributed by atoms with van der Waals surface area (Å²) in [5, 5.41) is 16.2. The molecule has 23 heavy (non-hydrogen) atoms. The predicted molar refractivity (Wildman–Crippen MR) is 82.4 cm³/mol. The Balaban J connectivity index is 2.76. The fourth-order valence-corrected chi connectivity index (χ4v) is 1.72. The molecule has 126 valence electrons. The van der Waals surface area contributed by atoms with Crippen molar-refractivity contribution in [3.63, 3.8) is 0 Å². The van der Waals surface area contributed by atoms with Gasteiger partial charge in [0, 0.05) is 26.8 Å². The Labute approximate surface area is 133 Å². The van der Waals surface area contributed by atoms with Crippen molar-refractivity contribution in [3.05, 3.63) is 33.9 Å². The highest BCUT2D eigenvalue weighted by Gasteiger charge is 2.21. The summed E-state index contributed by atoms with van der Waals surface area (Å²) in [6.07, 6.45) is -1.03. The second-order valence-electron chi connectivity index (χ2n) is 4.57. The van der Waals surface area contributed by atoms with Crippen LogP contribution in [0.4, 0.5) is 11.4 Å². The molecular weight excluding hydrogens is 306 g/mol. The highest BCUT2D eigenvalue weighted by molar-refractivity contribution is 5.93. The van der Waals surface area contributed by atoms with Crippen molar-refractivity contribution in [2.75, 3.05) is 32.6 Å². The topological polar surface area (TPSA) is 120 Å². The van der Waals surface area contributed by atoms with Gasteiger partial charge in [-0.1, -0.05) is 0 Å². The van der Waals surface area contributed by atoms with Crippen LogP contribution in [-0.4, -0.2) is 50.2 Å². The van der Waals surface area contributed by atoms with E-state index < -0.39 is 22.9 Å². The molecule has 0 bridgehead atoms. The van der Waals surface area contributed by atoms with Crippen LogP contribution in [0.15, 0.2) is 18.2 Å². The van der Waals surface area contributed by atoms with Crippen LogP contribution in [0.5, 0.6) is 0 Å². The first-order valence-corrected chi connectivity index (χ1v) is 6.84. The molecule has 1 aromatic rings. The minimum Gasteiger partial charge on any atom is -0.449 e. The quantitative estimate of drug-likeness (QED) is 0.316. The largest absolute Gasteiger partial charge is 0.449 e. The molecule has 0 radical (unpaired) electrons. The number of carbonyl (C=O) groups excluding carboxylic acids is 2. The molecule has 0 saturated heterocycles. The number of carbonyl (C=O) groups is 2. The van der Waals surface area contributed by atoms with Crippen molar-refractivity contribution in [2.24, 2.45) is 0 Å². The molecular formula is C14H19N3O6. The number of esters is 1. The number of amides is 1. The number of nitro groups is 1. The van der Waals surface area contributed by atoms with Crippen molar-refractivity contribution < 1.29 is 24.0 Å². The number of anilines is 1. The summed E-state index contributed by atoms with van der Waals surface area (Å²) in [5.74, 6) is -1.29.